The zero-order valence-electron chi connectivity index (χ0n) is 11.5. The minimum atomic E-state index is 0.990. The van der Waals surface area contributed by atoms with Crippen LogP contribution in [0.1, 0.15) is 28.9 Å². The van der Waals surface area contributed by atoms with Gasteiger partial charge < -0.3 is 4.42 Å². The lowest BCUT2D eigenvalue weighted by Gasteiger charge is -2.12. The minimum absolute atomic E-state index is 0.990. The lowest BCUT2D eigenvalue weighted by Crippen LogP contribution is -1.96. The third-order valence-corrected chi connectivity index (χ3v) is 4.04. The van der Waals surface area contributed by atoms with Gasteiger partial charge in [0.25, 0.3) is 0 Å². The number of aryl methyl sites for hydroxylation is 2. The summed E-state index contributed by atoms with van der Waals surface area (Å²) in [4.78, 5) is 0. The Morgan fingerprint density at radius 1 is 0.950 bits per heavy atom. The molecule has 0 radical (unpaired) electrons. The van der Waals surface area contributed by atoms with Gasteiger partial charge in [0, 0.05) is 17.4 Å². The molecule has 2 aromatic carbocycles. The van der Waals surface area contributed by atoms with Crippen LogP contribution in [-0.2, 0) is 6.42 Å². The summed E-state index contributed by atoms with van der Waals surface area (Å²) in [5.74, 6) is 1.13. The molecule has 0 atom stereocenters. The monoisotopic (exact) mass is 260 g/mol. The van der Waals surface area contributed by atoms with E-state index in [0.29, 0.717) is 0 Å². The Balaban J connectivity index is 1.91. The number of furan rings is 1. The molecule has 1 aliphatic carbocycles. The van der Waals surface area contributed by atoms with Crippen molar-refractivity contribution < 1.29 is 4.42 Å². The third kappa shape index (κ3) is 1.78. The fourth-order valence-electron chi connectivity index (χ4n) is 3.00. The quantitative estimate of drug-likeness (QED) is 0.584. The fourth-order valence-corrected chi connectivity index (χ4v) is 3.00. The van der Waals surface area contributed by atoms with Gasteiger partial charge in [-0.25, -0.2) is 0 Å². The van der Waals surface area contributed by atoms with Crippen LogP contribution in [0.3, 0.4) is 0 Å². The average molecular weight is 260 g/mol. The summed E-state index contributed by atoms with van der Waals surface area (Å²) in [6, 6.07) is 17.1. The summed E-state index contributed by atoms with van der Waals surface area (Å²) in [7, 11) is 0. The second kappa shape index (κ2) is 4.38. The molecule has 1 heterocycles. The summed E-state index contributed by atoms with van der Waals surface area (Å²) in [6.45, 7) is 2.13. The van der Waals surface area contributed by atoms with Gasteiger partial charge in [0.1, 0.15) is 11.3 Å². The van der Waals surface area contributed by atoms with Crippen molar-refractivity contribution in [3.8, 4) is 0 Å². The first-order valence-electron chi connectivity index (χ1n) is 7.09. The molecule has 4 rings (SSSR count). The zero-order valence-corrected chi connectivity index (χ0v) is 11.5. The maximum Gasteiger partial charge on any atom is 0.134 e. The van der Waals surface area contributed by atoms with Crippen molar-refractivity contribution in [3.63, 3.8) is 0 Å². The van der Waals surface area contributed by atoms with E-state index in [9.17, 15) is 0 Å². The molecule has 0 spiro atoms. The van der Waals surface area contributed by atoms with Gasteiger partial charge in [-0.1, -0.05) is 42.0 Å². The summed E-state index contributed by atoms with van der Waals surface area (Å²) in [6.07, 6.45) is 4.35. The summed E-state index contributed by atoms with van der Waals surface area (Å²) in [5.41, 5.74) is 6.28. The lowest BCUT2D eigenvalue weighted by molar-refractivity contribution is 0.548. The Labute approximate surface area is 118 Å². The van der Waals surface area contributed by atoms with Gasteiger partial charge in [0.15, 0.2) is 0 Å². The van der Waals surface area contributed by atoms with Crippen molar-refractivity contribution in [2.24, 2.45) is 0 Å². The van der Waals surface area contributed by atoms with Gasteiger partial charge in [0.05, 0.1) is 0 Å². The predicted octanol–water partition coefficient (Wildman–Crippen LogP) is 5.23. The molecule has 0 N–H and O–H groups in total. The highest BCUT2D eigenvalue weighted by molar-refractivity contribution is 5.96. The number of allylic oxidation sites excluding steroid dienone is 1. The molecule has 1 heteroatoms. The van der Waals surface area contributed by atoms with Crippen LogP contribution in [-0.4, -0.2) is 0 Å². The number of fused-ring (bicyclic) bond motifs is 3. The van der Waals surface area contributed by atoms with Gasteiger partial charge in [-0.05, 0) is 42.7 Å². The Kier molecular flexibility index (Phi) is 2.53. The Hall–Kier alpha value is -2.28. The van der Waals surface area contributed by atoms with E-state index in [-0.39, 0.29) is 0 Å². The molecule has 3 aromatic rings. The lowest BCUT2D eigenvalue weighted by atomic mass is 9.91. The van der Waals surface area contributed by atoms with Crippen molar-refractivity contribution in [3.05, 3.63) is 71.0 Å². The van der Waals surface area contributed by atoms with Crippen molar-refractivity contribution >= 4 is 22.6 Å². The van der Waals surface area contributed by atoms with Gasteiger partial charge in [-0.15, -0.1) is 0 Å². The van der Waals surface area contributed by atoms with Crippen LogP contribution < -0.4 is 0 Å². The highest BCUT2D eigenvalue weighted by Gasteiger charge is 2.18. The highest BCUT2D eigenvalue weighted by atomic mass is 16.3. The molecule has 0 fully saturated rings. The topological polar surface area (TPSA) is 13.1 Å². The number of hydrogen-bond acceptors (Lipinski definition) is 1. The van der Waals surface area contributed by atoms with Crippen LogP contribution in [0.5, 0.6) is 0 Å². The van der Waals surface area contributed by atoms with E-state index in [1.807, 2.05) is 0 Å². The number of rotatable bonds is 1. The highest BCUT2D eigenvalue weighted by Crippen LogP contribution is 2.36. The summed E-state index contributed by atoms with van der Waals surface area (Å²) < 4.78 is 5.99. The van der Waals surface area contributed by atoms with Crippen molar-refractivity contribution in [2.45, 2.75) is 19.8 Å². The van der Waals surface area contributed by atoms with E-state index in [1.165, 1.54) is 27.6 Å². The van der Waals surface area contributed by atoms with Crippen molar-refractivity contribution in [1.82, 2.24) is 0 Å². The molecule has 0 saturated heterocycles. The molecule has 98 valence electrons. The van der Waals surface area contributed by atoms with Crippen LogP contribution in [0.2, 0.25) is 0 Å². The van der Waals surface area contributed by atoms with E-state index in [4.69, 9.17) is 4.42 Å². The molecular weight excluding hydrogens is 244 g/mol. The van der Waals surface area contributed by atoms with Crippen LogP contribution in [0.15, 0.2) is 52.9 Å². The Bertz CT molecular complexity index is 806. The molecule has 0 unspecified atom stereocenters. The maximum atomic E-state index is 5.99. The average Bonchev–Trinajstić information content (AvgIpc) is 2.85. The van der Waals surface area contributed by atoms with Crippen LogP contribution in [0.25, 0.3) is 22.6 Å². The van der Waals surface area contributed by atoms with E-state index in [1.54, 1.807) is 0 Å². The maximum absolute atomic E-state index is 5.99. The van der Waals surface area contributed by atoms with Gasteiger partial charge in [0.2, 0.25) is 0 Å². The smallest absolute Gasteiger partial charge is 0.134 e. The molecule has 1 aliphatic rings. The molecule has 0 amide bonds. The number of hydrogen-bond donors (Lipinski definition) is 0. The number of benzene rings is 2. The molecule has 1 nitrogen and oxygen atoms in total. The van der Waals surface area contributed by atoms with Crippen molar-refractivity contribution in [2.75, 3.05) is 0 Å². The van der Waals surface area contributed by atoms with E-state index in [0.717, 1.165) is 24.2 Å². The van der Waals surface area contributed by atoms with E-state index in [2.05, 4.69) is 61.5 Å². The first kappa shape index (κ1) is 11.5. The van der Waals surface area contributed by atoms with Crippen LogP contribution in [0, 0.1) is 6.92 Å². The molecule has 0 aliphatic heterocycles. The summed E-state index contributed by atoms with van der Waals surface area (Å²) >= 11 is 0. The second-order valence-corrected chi connectivity index (χ2v) is 5.47. The van der Waals surface area contributed by atoms with Crippen LogP contribution in [0.4, 0.5) is 0 Å². The fraction of sp³-hybridized carbons (Fsp3) is 0.158. The molecule has 0 bridgehead atoms. The Morgan fingerprint density at radius 3 is 2.65 bits per heavy atom. The molecule has 0 saturated carbocycles. The first-order valence-corrected chi connectivity index (χ1v) is 7.09. The first-order chi connectivity index (χ1) is 9.81. The molecular formula is C19H16O. The van der Waals surface area contributed by atoms with Crippen molar-refractivity contribution in [1.29, 1.82) is 0 Å². The SMILES string of the molecule is Cc1ccc2oc3c(c2c1)C=C(c1ccccc1)CC3. The zero-order chi connectivity index (χ0) is 13.5. The van der Waals surface area contributed by atoms with Crippen LogP contribution >= 0.6 is 0 Å². The van der Waals surface area contributed by atoms with E-state index < -0.39 is 0 Å². The van der Waals surface area contributed by atoms with Gasteiger partial charge >= 0.3 is 0 Å². The Morgan fingerprint density at radius 2 is 1.80 bits per heavy atom. The third-order valence-electron chi connectivity index (χ3n) is 4.04. The predicted molar refractivity (Wildman–Crippen MR) is 83.6 cm³/mol. The summed E-state index contributed by atoms with van der Waals surface area (Å²) in [5, 5.41) is 1.24. The minimum Gasteiger partial charge on any atom is -0.460 e. The van der Waals surface area contributed by atoms with Gasteiger partial charge in [-0.2, -0.15) is 0 Å². The standard InChI is InChI=1S/C19H16O/c1-13-7-9-18-16(11-13)17-12-15(8-10-19(17)20-18)14-5-3-2-4-6-14/h2-7,9,11-12H,8,10H2,1H3. The largest absolute Gasteiger partial charge is 0.460 e. The second-order valence-electron chi connectivity index (χ2n) is 5.47. The molecule has 1 aromatic heterocycles. The normalized spacial score (nSPS) is 14.2. The van der Waals surface area contributed by atoms with Gasteiger partial charge in [-0.3, -0.25) is 0 Å². The van der Waals surface area contributed by atoms with E-state index >= 15 is 0 Å². The molecule has 20 heavy (non-hydrogen) atoms.